The third-order valence-electron chi connectivity index (χ3n) is 6.46. The molecular weight excluding hydrogens is 372 g/mol. The summed E-state index contributed by atoms with van der Waals surface area (Å²) in [5.74, 6) is 0.0904. The van der Waals surface area contributed by atoms with Crippen molar-refractivity contribution in [3.05, 3.63) is 70.8 Å². The van der Waals surface area contributed by atoms with Crippen molar-refractivity contribution in [2.75, 3.05) is 39.3 Å². The molecule has 158 valence electrons. The van der Waals surface area contributed by atoms with E-state index < -0.39 is 0 Å². The van der Waals surface area contributed by atoms with Gasteiger partial charge in [0.25, 0.3) is 5.91 Å². The molecule has 0 bridgehead atoms. The fourth-order valence-electron chi connectivity index (χ4n) is 4.30. The van der Waals surface area contributed by atoms with Crippen LogP contribution in [-0.4, -0.2) is 65.7 Å². The number of hydrogen-bond acceptors (Lipinski definition) is 4. The quantitative estimate of drug-likeness (QED) is 0.764. The van der Waals surface area contributed by atoms with E-state index in [4.69, 9.17) is 5.10 Å². The van der Waals surface area contributed by atoms with Gasteiger partial charge in [0.2, 0.25) is 0 Å². The molecule has 2 heterocycles. The zero-order valence-electron chi connectivity index (χ0n) is 18.3. The summed E-state index contributed by atoms with van der Waals surface area (Å²) in [6.07, 6.45) is 0.752. The standard InChI is InChI=1S/C25H32N4O/c1-4-27-12-14-28(15-13-27)18-25(30)29-24(21-8-6-5-7-9-21)17-23(26-29)22-11-10-19(2)20(3)16-22/h5-11,16,24H,4,12-15,17-18H2,1-3H3. The second-order valence-electron chi connectivity index (χ2n) is 8.43. The average molecular weight is 405 g/mol. The Morgan fingerprint density at radius 1 is 0.967 bits per heavy atom. The number of aryl methyl sites for hydroxylation is 2. The summed E-state index contributed by atoms with van der Waals surface area (Å²) in [5, 5.41) is 6.59. The molecule has 0 N–H and O–H groups in total. The third kappa shape index (κ3) is 4.47. The highest BCUT2D eigenvalue weighted by Crippen LogP contribution is 2.33. The smallest absolute Gasteiger partial charge is 0.257 e. The van der Waals surface area contributed by atoms with Crippen LogP contribution in [0.2, 0.25) is 0 Å². The topological polar surface area (TPSA) is 39.1 Å². The van der Waals surface area contributed by atoms with Crippen LogP contribution in [0.1, 0.15) is 41.6 Å². The zero-order chi connectivity index (χ0) is 21.1. The molecule has 2 aliphatic heterocycles. The van der Waals surface area contributed by atoms with Gasteiger partial charge in [-0.1, -0.05) is 49.4 Å². The molecule has 5 nitrogen and oxygen atoms in total. The molecule has 4 rings (SSSR count). The van der Waals surface area contributed by atoms with Crippen LogP contribution in [0.15, 0.2) is 53.6 Å². The highest BCUT2D eigenvalue weighted by molar-refractivity contribution is 6.03. The second-order valence-corrected chi connectivity index (χ2v) is 8.43. The predicted octanol–water partition coefficient (Wildman–Crippen LogP) is 3.62. The van der Waals surface area contributed by atoms with Crippen LogP contribution >= 0.6 is 0 Å². The van der Waals surface area contributed by atoms with Gasteiger partial charge in [0, 0.05) is 32.6 Å². The Bertz CT molecular complexity index is 916. The lowest BCUT2D eigenvalue weighted by atomic mass is 9.96. The first-order valence-corrected chi connectivity index (χ1v) is 11.0. The molecule has 1 amide bonds. The second kappa shape index (κ2) is 9.11. The Hall–Kier alpha value is -2.50. The highest BCUT2D eigenvalue weighted by Gasteiger charge is 2.34. The molecule has 0 saturated carbocycles. The first-order chi connectivity index (χ1) is 14.5. The van der Waals surface area contributed by atoms with E-state index in [2.05, 4.69) is 60.9 Å². The van der Waals surface area contributed by atoms with Gasteiger partial charge in [0.05, 0.1) is 18.3 Å². The van der Waals surface area contributed by atoms with Gasteiger partial charge in [0.1, 0.15) is 0 Å². The van der Waals surface area contributed by atoms with Gasteiger partial charge in [-0.05, 0) is 48.7 Å². The number of rotatable bonds is 5. The molecular formula is C25H32N4O. The fraction of sp³-hybridized carbons (Fsp3) is 0.440. The molecule has 5 heteroatoms. The monoisotopic (exact) mass is 404 g/mol. The van der Waals surface area contributed by atoms with E-state index in [0.29, 0.717) is 6.54 Å². The number of carbonyl (C=O) groups is 1. The molecule has 1 saturated heterocycles. The number of likely N-dealkylation sites (N-methyl/N-ethyl adjacent to an activating group) is 1. The predicted molar refractivity (Wildman–Crippen MR) is 122 cm³/mol. The van der Waals surface area contributed by atoms with Gasteiger partial charge in [-0.3, -0.25) is 9.69 Å². The largest absolute Gasteiger partial charge is 0.301 e. The molecule has 0 radical (unpaired) electrons. The maximum Gasteiger partial charge on any atom is 0.257 e. The van der Waals surface area contributed by atoms with E-state index in [1.807, 2.05) is 18.2 Å². The molecule has 2 aromatic rings. The van der Waals surface area contributed by atoms with Gasteiger partial charge in [-0.2, -0.15) is 5.10 Å². The Balaban J connectivity index is 1.55. The molecule has 1 unspecified atom stereocenters. The number of hydrazone groups is 1. The van der Waals surface area contributed by atoms with Crippen molar-refractivity contribution in [3.63, 3.8) is 0 Å². The van der Waals surface area contributed by atoms with E-state index in [1.165, 1.54) is 11.1 Å². The minimum Gasteiger partial charge on any atom is -0.301 e. The lowest BCUT2D eigenvalue weighted by Crippen LogP contribution is -2.49. The molecule has 0 aliphatic carbocycles. The van der Waals surface area contributed by atoms with E-state index in [-0.39, 0.29) is 11.9 Å². The van der Waals surface area contributed by atoms with Gasteiger partial charge < -0.3 is 4.90 Å². The Morgan fingerprint density at radius 3 is 2.33 bits per heavy atom. The van der Waals surface area contributed by atoms with Crippen molar-refractivity contribution >= 4 is 11.6 Å². The molecule has 1 fully saturated rings. The average Bonchev–Trinajstić information content (AvgIpc) is 3.22. The van der Waals surface area contributed by atoms with Crippen LogP contribution in [-0.2, 0) is 4.79 Å². The first-order valence-electron chi connectivity index (χ1n) is 11.0. The minimum absolute atomic E-state index is 0.0350. The van der Waals surface area contributed by atoms with Crippen molar-refractivity contribution in [1.29, 1.82) is 0 Å². The summed E-state index contributed by atoms with van der Waals surface area (Å²) >= 11 is 0. The normalized spacial score (nSPS) is 20.4. The van der Waals surface area contributed by atoms with Crippen molar-refractivity contribution < 1.29 is 4.79 Å². The van der Waals surface area contributed by atoms with E-state index in [0.717, 1.165) is 56.0 Å². The molecule has 0 spiro atoms. The SMILES string of the molecule is CCN1CCN(CC(=O)N2N=C(c3ccc(C)c(C)c3)CC2c2ccccc2)CC1. The van der Waals surface area contributed by atoms with E-state index >= 15 is 0 Å². The highest BCUT2D eigenvalue weighted by atomic mass is 16.2. The number of amides is 1. The van der Waals surface area contributed by atoms with Crippen LogP contribution in [0.4, 0.5) is 0 Å². The van der Waals surface area contributed by atoms with Crippen molar-refractivity contribution in [2.45, 2.75) is 33.2 Å². The van der Waals surface area contributed by atoms with E-state index in [9.17, 15) is 4.79 Å². The van der Waals surface area contributed by atoms with E-state index in [1.54, 1.807) is 5.01 Å². The lowest BCUT2D eigenvalue weighted by molar-refractivity contribution is -0.134. The van der Waals surface area contributed by atoms with Crippen LogP contribution in [0.25, 0.3) is 0 Å². The Morgan fingerprint density at radius 2 is 1.67 bits per heavy atom. The van der Waals surface area contributed by atoms with Crippen molar-refractivity contribution in [1.82, 2.24) is 14.8 Å². The molecule has 0 aromatic heterocycles. The molecule has 30 heavy (non-hydrogen) atoms. The summed E-state index contributed by atoms with van der Waals surface area (Å²) in [7, 11) is 0. The summed E-state index contributed by atoms with van der Waals surface area (Å²) < 4.78 is 0. The van der Waals surface area contributed by atoms with Crippen LogP contribution in [0, 0.1) is 13.8 Å². The van der Waals surface area contributed by atoms with Crippen LogP contribution < -0.4 is 0 Å². The summed E-state index contributed by atoms with van der Waals surface area (Å²) in [6.45, 7) is 11.9. The van der Waals surface area contributed by atoms with Crippen molar-refractivity contribution in [2.24, 2.45) is 5.10 Å². The molecule has 2 aromatic carbocycles. The first kappa shape index (κ1) is 20.8. The third-order valence-corrected chi connectivity index (χ3v) is 6.46. The van der Waals surface area contributed by atoms with Crippen molar-refractivity contribution in [3.8, 4) is 0 Å². The number of carbonyl (C=O) groups excluding carboxylic acids is 1. The van der Waals surface area contributed by atoms with Crippen LogP contribution in [0.5, 0.6) is 0 Å². The molecule has 1 atom stereocenters. The van der Waals surface area contributed by atoms with Gasteiger partial charge in [0.15, 0.2) is 0 Å². The maximum atomic E-state index is 13.3. The Kier molecular flexibility index (Phi) is 6.30. The van der Waals surface area contributed by atoms with Gasteiger partial charge in [-0.25, -0.2) is 5.01 Å². The number of nitrogens with zero attached hydrogens (tertiary/aromatic N) is 4. The summed E-state index contributed by atoms with van der Waals surface area (Å²) in [5.41, 5.74) is 5.78. The van der Waals surface area contributed by atoms with Crippen LogP contribution in [0.3, 0.4) is 0 Å². The number of piperazine rings is 1. The van der Waals surface area contributed by atoms with Gasteiger partial charge >= 0.3 is 0 Å². The zero-order valence-corrected chi connectivity index (χ0v) is 18.3. The number of hydrogen-bond donors (Lipinski definition) is 0. The minimum atomic E-state index is -0.0350. The fourth-order valence-corrected chi connectivity index (χ4v) is 4.30. The lowest BCUT2D eigenvalue weighted by Gasteiger charge is -2.34. The summed E-state index contributed by atoms with van der Waals surface area (Å²) in [6, 6.07) is 16.7. The maximum absolute atomic E-state index is 13.3. The summed E-state index contributed by atoms with van der Waals surface area (Å²) in [4.78, 5) is 18.0. The Labute approximate surface area is 180 Å². The molecule has 2 aliphatic rings. The van der Waals surface area contributed by atoms with Gasteiger partial charge in [-0.15, -0.1) is 0 Å². The number of benzene rings is 2.